The third-order valence-electron chi connectivity index (χ3n) is 2.77. The zero-order valence-corrected chi connectivity index (χ0v) is 10.3. The Kier molecular flexibility index (Phi) is 3.45. The predicted molar refractivity (Wildman–Crippen MR) is 65.8 cm³/mol. The topological polar surface area (TPSA) is 80.3 Å². The Hall–Kier alpha value is -2.11. The van der Waals surface area contributed by atoms with Crippen molar-refractivity contribution >= 4 is 17.4 Å². The highest BCUT2D eigenvalue weighted by molar-refractivity contribution is 6.13. The van der Waals surface area contributed by atoms with E-state index in [9.17, 15) is 9.59 Å². The fourth-order valence-electron chi connectivity index (χ4n) is 1.86. The molecule has 2 rings (SSSR count). The first-order chi connectivity index (χ1) is 8.67. The summed E-state index contributed by atoms with van der Waals surface area (Å²) in [5.74, 6) is -0.915. The molecule has 0 saturated carbocycles. The Morgan fingerprint density at radius 1 is 1.61 bits per heavy atom. The summed E-state index contributed by atoms with van der Waals surface area (Å²) in [5, 5.41) is 5.50. The van der Waals surface area contributed by atoms with E-state index in [-0.39, 0.29) is 17.4 Å². The van der Waals surface area contributed by atoms with Crippen LogP contribution in [0.1, 0.15) is 17.4 Å². The van der Waals surface area contributed by atoms with Gasteiger partial charge in [-0.05, 0) is 13.0 Å². The average molecular weight is 249 g/mol. The molecule has 1 aliphatic heterocycles. The lowest BCUT2D eigenvalue weighted by molar-refractivity contribution is -0.122. The minimum absolute atomic E-state index is 0.265. The highest BCUT2D eigenvalue weighted by atomic mass is 16.5. The number of amides is 1. The molecule has 1 amide bonds. The molecule has 2 N–H and O–H groups in total. The molecule has 1 unspecified atom stereocenters. The molecule has 2 heterocycles. The molecule has 0 aromatic carbocycles. The van der Waals surface area contributed by atoms with E-state index in [4.69, 9.17) is 4.74 Å². The van der Waals surface area contributed by atoms with Gasteiger partial charge in [0.1, 0.15) is 11.6 Å². The van der Waals surface area contributed by atoms with Crippen molar-refractivity contribution in [1.82, 2.24) is 10.3 Å². The number of carbonyl (C=O) groups is 2. The Morgan fingerprint density at radius 3 is 3.06 bits per heavy atom. The first kappa shape index (κ1) is 12.3. The van der Waals surface area contributed by atoms with Crippen LogP contribution in [-0.2, 0) is 4.79 Å². The molecule has 18 heavy (non-hydrogen) atoms. The lowest BCUT2D eigenvalue weighted by Gasteiger charge is -2.23. The van der Waals surface area contributed by atoms with E-state index < -0.39 is 5.92 Å². The average Bonchev–Trinajstić information content (AvgIpc) is 2.39. The van der Waals surface area contributed by atoms with Crippen LogP contribution in [0.5, 0.6) is 5.88 Å². The van der Waals surface area contributed by atoms with Crippen LogP contribution in [-0.4, -0.2) is 36.9 Å². The van der Waals surface area contributed by atoms with Gasteiger partial charge in [-0.3, -0.25) is 9.59 Å². The molecular weight excluding hydrogens is 234 g/mol. The number of anilines is 1. The lowest BCUT2D eigenvalue weighted by atomic mass is 9.95. The first-order valence-corrected chi connectivity index (χ1v) is 5.81. The fraction of sp³-hybridized carbons (Fsp3) is 0.417. The zero-order valence-electron chi connectivity index (χ0n) is 10.3. The van der Waals surface area contributed by atoms with Crippen LogP contribution in [0.25, 0.3) is 0 Å². The molecule has 0 aliphatic carbocycles. The van der Waals surface area contributed by atoms with Gasteiger partial charge < -0.3 is 15.4 Å². The maximum absolute atomic E-state index is 12.2. The molecule has 1 aromatic rings. The number of ketones is 1. The molecular formula is C12H15N3O3. The van der Waals surface area contributed by atoms with E-state index in [0.717, 1.165) is 0 Å². The van der Waals surface area contributed by atoms with Crippen molar-refractivity contribution in [2.45, 2.75) is 6.92 Å². The maximum atomic E-state index is 12.2. The second kappa shape index (κ2) is 5.03. The smallest absolute Gasteiger partial charge is 0.232 e. The summed E-state index contributed by atoms with van der Waals surface area (Å²) >= 11 is 0. The standard InChI is InChI=1S/C12H15N3O3/c1-3-18-9-5-4-8-10(15-9)11(16)7(6-14-8)12(17)13-2/h4-5,7,14H,3,6H2,1-2H3,(H,13,17). The van der Waals surface area contributed by atoms with E-state index in [1.807, 2.05) is 6.92 Å². The second-order valence-corrected chi connectivity index (χ2v) is 3.89. The molecule has 0 bridgehead atoms. The number of fused-ring (bicyclic) bond motifs is 1. The fourth-order valence-corrected chi connectivity index (χ4v) is 1.86. The molecule has 1 atom stereocenters. The minimum Gasteiger partial charge on any atom is -0.478 e. The highest BCUT2D eigenvalue weighted by Crippen LogP contribution is 2.25. The van der Waals surface area contributed by atoms with Gasteiger partial charge in [-0.25, -0.2) is 4.98 Å². The van der Waals surface area contributed by atoms with Gasteiger partial charge in [0, 0.05) is 19.7 Å². The molecule has 6 nitrogen and oxygen atoms in total. The number of aromatic nitrogens is 1. The number of nitrogens with one attached hydrogen (secondary N) is 2. The maximum Gasteiger partial charge on any atom is 0.232 e. The molecule has 0 spiro atoms. The van der Waals surface area contributed by atoms with Gasteiger partial charge in [-0.15, -0.1) is 0 Å². The van der Waals surface area contributed by atoms with E-state index in [1.165, 1.54) is 7.05 Å². The van der Waals surface area contributed by atoms with Crippen LogP contribution in [0.4, 0.5) is 5.69 Å². The van der Waals surface area contributed by atoms with Gasteiger partial charge in [-0.1, -0.05) is 0 Å². The summed E-state index contributed by atoms with van der Waals surface area (Å²) in [6.45, 7) is 2.61. The lowest BCUT2D eigenvalue weighted by Crippen LogP contribution is -2.41. The predicted octanol–water partition coefficient (Wildman–Crippen LogP) is 0.451. The van der Waals surface area contributed by atoms with Gasteiger partial charge in [0.25, 0.3) is 0 Å². The Morgan fingerprint density at radius 2 is 2.39 bits per heavy atom. The van der Waals surface area contributed by atoms with Crippen LogP contribution in [0.2, 0.25) is 0 Å². The van der Waals surface area contributed by atoms with E-state index >= 15 is 0 Å². The summed E-state index contributed by atoms with van der Waals surface area (Å²) in [7, 11) is 1.51. The van der Waals surface area contributed by atoms with Crippen molar-refractivity contribution in [1.29, 1.82) is 0 Å². The van der Waals surface area contributed by atoms with Crippen LogP contribution < -0.4 is 15.4 Å². The van der Waals surface area contributed by atoms with Crippen molar-refractivity contribution in [2.24, 2.45) is 5.92 Å². The van der Waals surface area contributed by atoms with Gasteiger partial charge in [0.15, 0.2) is 5.78 Å². The molecule has 0 radical (unpaired) electrons. The van der Waals surface area contributed by atoms with Gasteiger partial charge in [-0.2, -0.15) is 0 Å². The number of nitrogens with zero attached hydrogens (tertiary/aromatic N) is 1. The molecule has 96 valence electrons. The van der Waals surface area contributed by atoms with Crippen molar-refractivity contribution in [3.63, 3.8) is 0 Å². The summed E-state index contributed by atoms with van der Waals surface area (Å²) in [4.78, 5) is 27.9. The number of hydrogen-bond acceptors (Lipinski definition) is 5. The van der Waals surface area contributed by atoms with E-state index in [1.54, 1.807) is 12.1 Å². The molecule has 6 heteroatoms. The summed E-state index contributed by atoms with van der Waals surface area (Å²) in [6, 6.07) is 3.44. The third-order valence-corrected chi connectivity index (χ3v) is 2.77. The first-order valence-electron chi connectivity index (χ1n) is 5.81. The molecule has 1 aromatic heterocycles. The number of ether oxygens (including phenoxy) is 1. The van der Waals surface area contributed by atoms with Crippen LogP contribution in [0.3, 0.4) is 0 Å². The van der Waals surface area contributed by atoms with Gasteiger partial charge in [0.05, 0.1) is 12.3 Å². The number of hydrogen-bond donors (Lipinski definition) is 2. The van der Waals surface area contributed by atoms with Crippen molar-refractivity contribution in [3.8, 4) is 5.88 Å². The van der Waals surface area contributed by atoms with Crippen molar-refractivity contribution in [3.05, 3.63) is 17.8 Å². The zero-order chi connectivity index (χ0) is 13.1. The monoisotopic (exact) mass is 249 g/mol. The quantitative estimate of drug-likeness (QED) is 0.760. The van der Waals surface area contributed by atoms with Gasteiger partial charge >= 0.3 is 0 Å². The SMILES string of the molecule is CCOc1ccc2c(n1)C(=O)C(C(=O)NC)CN2. The van der Waals surface area contributed by atoms with E-state index in [2.05, 4.69) is 15.6 Å². The molecule has 1 aliphatic rings. The van der Waals surface area contributed by atoms with Crippen molar-refractivity contribution < 1.29 is 14.3 Å². The Balaban J connectivity index is 2.32. The number of pyridine rings is 1. The Bertz CT molecular complexity index is 487. The second-order valence-electron chi connectivity index (χ2n) is 3.89. The van der Waals surface area contributed by atoms with E-state index in [0.29, 0.717) is 24.7 Å². The number of rotatable bonds is 3. The minimum atomic E-state index is -0.730. The summed E-state index contributed by atoms with van der Waals surface area (Å²) in [5.41, 5.74) is 0.907. The molecule has 0 fully saturated rings. The van der Waals surface area contributed by atoms with Crippen molar-refractivity contribution in [2.75, 3.05) is 25.5 Å². The largest absolute Gasteiger partial charge is 0.478 e. The molecule has 0 saturated heterocycles. The summed E-state index contributed by atoms with van der Waals surface area (Å²) in [6.07, 6.45) is 0. The number of Topliss-reactive ketones (excluding diaryl/α,β-unsaturated/α-hetero) is 1. The van der Waals surface area contributed by atoms with Crippen LogP contribution >= 0.6 is 0 Å². The van der Waals surface area contributed by atoms with Crippen LogP contribution in [0.15, 0.2) is 12.1 Å². The van der Waals surface area contributed by atoms with Gasteiger partial charge in [0.2, 0.25) is 11.8 Å². The highest BCUT2D eigenvalue weighted by Gasteiger charge is 2.33. The normalized spacial score (nSPS) is 17.7. The number of carbonyl (C=O) groups excluding carboxylic acids is 2. The Labute approximate surface area is 105 Å². The third kappa shape index (κ3) is 2.13. The summed E-state index contributed by atoms with van der Waals surface area (Å²) < 4.78 is 5.25. The van der Waals surface area contributed by atoms with Crippen LogP contribution in [0, 0.1) is 5.92 Å².